The third kappa shape index (κ3) is 5.96. The second-order valence-electron chi connectivity index (χ2n) is 8.05. The van der Waals surface area contributed by atoms with Crippen molar-refractivity contribution in [1.82, 2.24) is 5.32 Å². The van der Waals surface area contributed by atoms with E-state index in [0.29, 0.717) is 17.4 Å². The van der Waals surface area contributed by atoms with Gasteiger partial charge in [-0.1, -0.05) is 34.1 Å². The van der Waals surface area contributed by atoms with E-state index in [1.165, 1.54) is 32.1 Å². The quantitative estimate of drug-likeness (QED) is 0.649. The van der Waals surface area contributed by atoms with E-state index >= 15 is 0 Å². The van der Waals surface area contributed by atoms with Gasteiger partial charge in [0.15, 0.2) is 0 Å². The maximum absolute atomic E-state index is 6.03. The largest absolute Gasteiger partial charge is 0.468 e. The molecule has 3 heteroatoms. The molecule has 0 spiro atoms. The summed E-state index contributed by atoms with van der Waals surface area (Å²) in [6.45, 7) is 12.1. The van der Waals surface area contributed by atoms with E-state index in [1.807, 2.05) is 12.1 Å². The van der Waals surface area contributed by atoms with Gasteiger partial charge < -0.3 is 14.5 Å². The van der Waals surface area contributed by atoms with E-state index in [4.69, 9.17) is 9.15 Å². The molecule has 1 saturated heterocycles. The minimum absolute atomic E-state index is 0.431. The lowest BCUT2D eigenvalue weighted by molar-refractivity contribution is -0.0761. The molecule has 0 amide bonds. The van der Waals surface area contributed by atoms with Gasteiger partial charge in [-0.3, -0.25) is 0 Å². The van der Waals surface area contributed by atoms with Crippen LogP contribution in [-0.2, 0) is 11.3 Å². The number of ether oxygens (including phenoxy) is 1. The van der Waals surface area contributed by atoms with Crippen molar-refractivity contribution in [2.45, 2.75) is 72.4 Å². The lowest BCUT2D eigenvalue weighted by Gasteiger charge is -2.43. The molecule has 0 aromatic carbocycles. The highest BCUT2D eigenvalue weighted by Crippen LogP contribution is 2.43. The molecular formula is C20H35NO2. The topological polar surface area (TPSA) is 34.4 Å². The zero-order valence-corrected chi connectivity index (χ0v) is 15.4. The molecule has 2 rings (SSSR count). The van der Waals surface area contributed by atoms with Gasteiger partial charge >= 0.3 is 0 Å². The van der Waals surface area contributed by atoms with E-state index in [0.717, 1.165) is 31.4 Å². The third-order valence-corrected chi connectivity index (χ3v) is 5.31. The maximum atomic E-state index is 6.03. The van der Waals surface area contributed by atoms with Crippen molar-refractivity contribution in [3.63, 3.8) is 0 Å². The van der Waals surface area contributed by atoms with Gasteiger partial charge in [-0.2, -0.15) is 0 Å². The molecule has 1 N–H and O–H groups in total. The highest BCUT2D eigenvalue weighted by atomic mass is 16.5. The van der Waals surface area contributed by atoms with Crippen LogP contribution in [0.3, 0.4) is 0 Å². The molecule has 3 nitrogen and oxygen atoms in total. The SMILES string of the molecule is CC(C)CCC1(CCNCc2ccco2)CCOC(C(C)C)C1. The number of rotatable bonds is 9. The first kappa shape index (κ1) is 18.5. The van der Waals surface area contributed by atoms with Gasteiger partial charge in [0.25, 0.3) is 0 Å². The average Bonchev–Trinajstić information content (AvgIpc) is 3.03. The van der Waals surface area contributed by atoms with Crippen LogP contribution in [0.1, 0.15) is 65.6 Å². The molecular weight excluding hydrogens is 286 g/mol. The first-order valence-corrected chi connectivity index (χ1v) is 9.35. The molecule has 1 aromatic heterocycles. The van der Waals surface area contributed by atoms with Gasteiger partial charge in [0.2, 0.25) is 0 Å². The molecule has 0 radical (unpaired) electrons. The van der Waals surface area contributed by atoms with Crippen LogP contribution >= 0.6 is 0 Å². The van der Waals surface area contributed by atoms with Crippen LogP contribution in [0, 0.1) is 17.3 Å². The van der Waals surface area contributed by atoms with Crippen LogP contribution in [0.15, 0.2) is 22.8 Å². The molecule has 1 aromatic rings. The van der Waals surface area contributed by atoms with Crippen molar-refractivity contribution in [1.29, 1.82) is 0 Å². The van der Waals surface area contributed by atoms with Gasteiger partial charge in [0, 0.05) is 6.61 Å². The van der Waals surface area contributed by atoms with Crippen molar-refractivity contribution >= 4 is 0 Å². The molecule has 2 heterocycles. The van der Waals surface area contributed by atoms with Crippen LogP contribution in [0.4, 0.5) is 0 Å². The Bertz CT molecular complexity index is 427. The van der Waals surface area contributed by atoms with Crippen LogP contribution in [0.25, 0.3) is 0 Å². The van der Waals surface area contributed by atoms with Crippen LogP contribution in [-0.4, -0.2) is 19.3 Å². The summed E-state index contributed by atoms with van der Waals surface area (Å²) in [7, 11) is 0. The summed E-state index contributed by atoms with van der Waals surface area (Å²) < 4.78 is 11.4. The molecule has 2 unspecified atom stereocenters. The Morgan fingerprint density at radius 2 is 2.09 bits per heavy atom. The standard InChI is InChI=1S/C20H35NO2/c1-16(2)7-8-20(10-13-23-19(14-20)17(3)4)9-11-21-15-18-6-5-12-22-18/h5-6,12,16-17,19,21H,7-11,13-15H2,1-4H3. The van der Waals surface area contributed by atoms with E-state index in [2.05, 4.69) is 33.0 Å². The molecule has 2 atom stereocenters. The predicted molar refractivity (Wildman–Crippen MR) is 95.3 cm³/mol. The second kappa shape index (κ2) is 8.89. The predicted octanol–water partition coefficient (Wildman–Crippen LogP) is 5.02. The lowest BCUT2D eigenvalue weighted by atomic mass is 9.69. The number of nitrogens with one attached hydrogen (secondary N) is 1. The van der Waals surface area contributed by atoms with Gasteiger partial charge in [-0.15, -0.1) is 0 Å². The molecule has 23 heavy (non-hydrogen) atoms. The summed E-state index contributed by atoms with van der Waals surface area (Å²) in [4.78, 5) is 0. The summed E-state index contributed by atoms with van der Waals surface area (Å²) in [6, 6.07) is 3.98. The van der Waals surface area contributed by atoms with Crippen LogP contribution in [0.2, 0.25) is 0 Å². The van der Waals surface area contributed by atoms with Crippen molar-refractivity contribution < 1.29 is 9.15 Å². The Labute approximate surface area is 142 Å². The van der Waals surface area contributed by atoms with E-state index < -0.39 is 0 Å². The monoisotopic (exact) mass is 321 g/mol. The van der Waals surface area contributed by atoms with Gasteiger partial charge in [-0.05, 0) is 61.6 Å². The average molecular weight is 322 g/mol. The molecule has 1 aliphatic rings. The zero-order chi connectivity index (χ0) is 16.7. The normalized spacial score (nSPS) is 25.4. The van der Waals surface area contributed by atoms with Gasteiger partial charge in [-0.25, -0.2) is 0 Å². The molecule has 1 fully saturated rings. The highest BCUT2D eigenvalue weighted by molar-refractivity contribution is 4.97. The Morgan fingerprint density at radius 3 is 2.74 bits per heavy atom. The van der Waals surface area contributed by atoms with Gasteiger partial charge in [0.1, 0.15) is 5.76 Å². The smallest absolute Gasteiger partial charge is 0.117 e. The minimum Gasteiger partial charge on any atom is -0.468 e. The van der Waals surface area contributed by atoms with Gasteiger partial charge in [0.05, 0.1) is 18.9 Å². The highest BCUT2D eigenvalue weighted by Gasteiger charge is 2.37. The Kier molecular flexibility index (Phi) is 7.16. The van der Waals surface area contributed by atoms with Crippen molar-refractivity contribution in [3.05, 3.63) is 24.2 Å². The fourth-order valence-corrected chi connectivity index (χ4v) is 3.60. The lowest BCUT2D eigenvalue weighted by Crippen LogP contribution is -2.39. The Hall–Kier alpha value is -0.800. The Morgan fingerprint density at radius 1 is 1.26 bits per heavy atom. The van der Waals surface area contributed by atoms with Crippen molar-refractivity contribution in [2.24, 2.45) is 17.3 Å². The summed E-state index contributed by atoms with van der Waals surface area (Å²) in [5, 5.41) is 3.56. The first-order valence-electron chi connectivity index (χ1n) is 9.35. The zero-order valence-electron chi connectivity index (χ0n) is 15.4. The molecule has 132 valence electrons. The van der Waals surface area contributed by atoms with E-state index in [1.54, 1.807) is 6.26 Å². The fraction of sp³-hybridized carbons (Fsp3) is 0.800. The molecule has 1 aliphatic heterocycles. The molecule has 0 bridgehead atoms. The summed E-state index contributed by atoms with van der Waals surface area (Å²) in [5.74, 6) is 2.42. The third-order valence-electron chi connectivity index (χ3n) is 5.31. The molecule has 0 aliphatic carbocycles. The number of furan rings is 1. The summed E-state index contributed by atoms with van der Waals surface area (Å²) >= 11 is 0. The summed E-state index contributed by atoms with van der Waals surface area (Å²) in [5.41, 5.74) is 0.452. The van der Waals surface area contributed by atoms with E-state index in [-0.39, 0.29) is 0 Å². The number of hydrogen-bond donors (Lipinski definition) is 1. The maximum Gasteiger partial charge on any atom is 0.117 e. The van der Waals surface area contributed by atoms with E-state index in [9.17, 15) is 0 Å². The van der Waals surface area contributed by atoms with Crippen LogP contribution < -0.4 is 5.32 Å². The van der Waals surface area contributed by atoms with Crippen LogP contribution in [0.5, 0.6) is 0 Å². The van der Waals surface area contributed by atoms with Crippen molar-refractivity contribution in [3.8, 4) is 0 Å². The Balaban J connectivity index is 1.87. The fourth-order valence-electron chi connectivity index (χ4n) is 3.60. The summed E-state index contributed by atoms with van der Waals surface area (Å²) in [6.07, 6.45) is 8.51. The minimum atomic E-state index is 0.431. The molecule has 0 saturated carbocycles. The van der Waals surface area contributed by atoms with Crippen molar-refractivity contribution in [2.75, 3.05) is 13.2 Å². The number of hydrogen-bond acceptors (Lipinski definition) is 3. The second-order valence-corrected chi connectivity index (χ2v) is 8.05. The first-order chi connectivity index (χ1) is 11.0.